The van der Waals surface area contributed by atoms with E-state index in [1.54, 1.807) is 4.90 Å². The first kappa shape index (κ1) is 17.8. The summed E-state index contributed by atoms with van der Waals surface area (Å²) in [4.78, 5) is 13.6. The largest absolute Gasteiger partial charge is 0.392 e. The van der Waals surface area contributed by atoms with Gasteiger partial charge in [0.15, 0.2) is 0 Å². The maximum Gasteiger partial charge on any atom is 0.234 e. The van der Waals surface area contributed by atoms with Gasteiger partial charge in [-0.2, -0.15) is 0 Å². The third-order valence-corrected chi connectivity index (χ3v) is 3.82. The minimum absolute atomic E-state index is 0.0177. The van der Waals surface area contributed by atoms with Gasteiger partial charge in [0.2, 0.25) is 5.91 Å². The number of likely N-dealkylation sites (tertiary alicyclic amines) is 1. The van der Waals surface area contributed by atoms with E-state index >= 15 is 0 Å². The van der Waals surface area contributed by atoms with Crippen LogP contribution in [0.2, 0.25) is 0 Å². The van der Waals surface area contributed by atoms with E-state index in [0.717, 1.165) is 18.2 Å². The number of aliphatic hydroxyl groups is 1. The minimum atomic E-state index is -0.668. The van der Waals surface area contributed by atoms with Crippen LogP contribution in [-0.2, 0) is 9.53 Å². The van der Waals surface area contributed by atoms with Gasteiger partial charge in [0.25, 0.3) is 0 Å². The first-order valence-corrected chi connectivity index (χ1v) is 7.72. The van der Waals surface area contributed by atoms with Crippen molar-refractivity contribution < 1.29 is 23.4 Å². The van der Waals surface area contributed by atoms with Crippen LogP contribution in [0.3, 0.4) is 0 Å². The van der Waals surface area contributed by atoms with E-state index in [4.69, 9.17) is 4.74 Å². The van der Waals surface area contributed by atoms with Gasteiger partial charge >= 0.3 is 0 Å². The second-order valence-electron chi connectivity index (χ2n) is 5.55. The predicted octanol–water partition coefficient (Wildman–Crippen LogP) is 1.23. The molecule has 0 saturated carbocycles. The molecule has 1 amide bonds. The number of β-amino-alcohol motifs (C(OH)–C–C–N with tert-alkyl or cyclic N) is 1. The molecule has 0 aromatic heterocycles. The van der Waals surface area contributed by atoms with Crippen LogP contribution in [0.4, 0.5) is 8.78 Å². The summed E-state index contributed by atoms with van der Waals surface area (Å²) in [5.74, 6) is -1.31. The van der Waals surface area contributed by atoms with Crippen molar-refractivity contribution in [3.05, 3.63) is 35.4 Å². The standard InChI is InChI=1S/C16H22F2N2O3/c1-2-23-6-5-19-16(22)10-20-9-12(21)8-15(20)13-7-11(17)3-4-14(13)18/h3-4,7,12,15,21H,2,5-6,8-10H2,1H3,(H,19,22)/t12-,15-/m0/s1. The summed E-state index contributed by atoms with van der Waals surface area (Å²) in [6, 6.07) is 2.72. The first-order chi connectivity index (χ1) is 11.0. The number of amides is 1. The van der Waals surface area contributed by atoms with Crippen molar-refractivity contribution >= 4 is 5.91 Å². The highest BCUT2D eigenvalue weighted by Gasteiger charge is 2.34. The molecule has 1 saturated heterocycles. The Kier molecular flexibility index (Phi) is 6.44. The molecule has 1 aliphatic heterocycles. The zero-order valence-corrected chi connectivity index (χ0v) is 13.1. The summed E-state index contributed by atoms with van der Waals surface area (Å²) >= 11 is 0. The fourth-order valence-electron chi connectivity index (χ4n) is 2.79. The number of carbonyl (C=O) groups is 1. The van der Waals surface area contributed by atoms with Crippen LogP contribution in [-0.4, -0.2) is 54.9 Å². The maximum absolute atomic E-state index is 14.0. The maximum atomic E-state index is 14.0. The van der Waals surface area contributed by atoms with Gasteiger partial charge in [-0.05, 0) is 31.5 Å². The molecule has 0 unspecified atom stereocenters. The van der Waals surface area contributed by atoms with Crippen molar-refractivity contribution in [3.8, 4) is 0 Å². The Hall–Kier alpha value is -1.57. The quantitative estimate of drug-likeness (QED) is 0.739. The molecule has 1 aromatic rings. The number of aliphatic hydroxyl groups excluding tert-OH is 1. The number of carbonyl (C=O) groups excluding carboxylic acids is 1. The van der Waals surface area contributed by atoms with Crippen molar-refractivity contribution in [2.75, 3.05) is 32.8 Å². The number of ether oxygens (including phenoxy) is 1. The van der Waals surface area contributed by atoms with Crippen LogP contribution in [0.1, 0.15) is 24.9 Å². The monoisotopic (exact) mass is 328 g/mol. The van der Waals surface area contributed by atoms with E-state index in [1.807, 2.05) is 6.92 Å². The van der Waals surface area contributed by atoms with Gasteiger partial charge < -0.3 is 15.2 Å². The van der Waals surface area contributed by atoms with E-state index < -0.39 is 23.8 Å². The molecule has 0 aliphatic carbocycles. The van der Waals surface area contributed by atoms with Crippen LogP contribution >= 0.6 is 0 Å². The number of rotatable bonds is 7. The Balaban J connectivity index is 1.99. The molecule has 128 valence electrons. The van der Waals surface area contributed by atoms with Crippen LogP contribution in [0, 0.1) is 11.6 Å². The molecule has 2 rings (SSSR count). The van der Waals surface area contributed by atoms with Crippen LogP contribution in [0.25, 0.3) is 0 Å². The Morgan fingerprint density at radius 2 is 2.26 bits per heavy atom. The number of hydrogen-bond acceptors (Lipinski definition) is 4. The minimum Gasteiger partial charge on any atom is -0.392 e. The normalized spacial score (nSPS) is 21.6. The SMILES string of the molecule is CCOCCNC(=O)CN1C[C@@H](O)C[C@H]1c1cc(F)ccc1F. The smallest absolute Gasteiger partial charge is 0.234 e. The lowest BCUT2D eigenvalue weighted by atomic mass is 10.0. The average molecular weight is 328 g/mol. The topological polar surface area (TPSA) is 61.8 Å². The molecule has 1 fully saturated rings. The lowest BCUT2D eigenvalue weighted by Gasteiger charge is -2.24. The van der Waals surface area contributed by atoms with Crippen LogP contribution in [0.15, 0.2) is 18.2 Å². The average Bonchev–Trinajstić information content (AvgIpc) is 2.86. The van der Waals surface area contributed by atoms with Crippen LogP contribution < -0.4 is 5.32 Å². The Labute approximate surface area is 134 Å². The molecule has 7 heteroatoms. The van der Waals surface area contributed by atoms with Gasteiger partial charge in [-0.15, -0.1) is 0 Å². The van der Waals surface area contributed by atoms with Crippen molar-refractivity contribution in [1.29, 1.82) is 0 Å². The van der Waals surface area contributed by atoms with E-state index in [0.29, 0.717) is 19.8 Å². The van der Waals surface area contributed by atoms with Gasteiger partial charge in [0.1, 0.15) is 11.6 Å². The van der Waals surface area contributed by atoms with E-state index in [1.165, 1.54) is 0 Å². The van der Waals surface area contributed by atoms with Crippen molar-refractivity contribution in [1.82, 2.24) is 10.2 Å². The molecular formula is C16H22F2N2O3. The van der Waals surface area contributed by atoms with Gasteiger partial charge in [-0.1, -0.05) is 0 Å². The highest BCUT2D eigenvalue weighted by molar-refractivity contribution is 5.78. The second kappa shape index (κ2) is 8.33. The summed E-state index contributed by atoms with van der Waals surface area (Å²) in [5, 5.41) is 12.5. The molecule has 5 nitrogen and oxygen atoms in total. The highest BCUT2D eigenvalue weighted by Crippen LogP contribution is 2.33. The Morgan fingerprint density at radius 1 is 1.48 bits per heavy atom. The third-order valence-electron chi connectivity index (χ3n) is 3.82. The summed E-state index contributed by atoms with van der Waals surface area (Å²) in [5.41, 5.74) is 0.170. The molecule has 23 heavy (non-hydrogen) atoms. The van der Waals surface area contributed by atoms with Crippen molar-refractivity contribution in [2.45, 2.75) is 25.5 Å². The highest BCUT2D eigenvalue weighted by atomic mass is 19.1. The van der Waals surface area contributed by atoms with Crippen LogP contribution in [0.5, 0.6) is 0 Å². The van der Waals surface area contributed by atoms with E-state index in [9.17, 15) is 18.7 Å². The summed E-state index contributed by atoms with van der Waals surface area (Å²) < 4.78 is 32.5. The molecule has 0 radical (unpaired) electrons. The number of hydrogen-bond donors (Lipinski definition) is 2. The number of nitrogens with one attached hydrogen (secondary N) is 1. The molecule has 1 aliphatic rings. The lowest BCUT2D eigenvalue weighted by Crippen LogP contribution is -2.39. The third kappa shape index (κ3) is 4.95. The number of nitrogens with zero attached hydrogens (tertiary/aromatic N) is 1. The summed E-state index contributed by atoms with van der Waals surface area (Å²) in [7, 11) is 0. The second-order valence-corrected chi connectivity index (χ2v) is 5.55. The molecule has 2 atom stereocenters. The fourth-order valence-corrected chi connectivity index (χ4v) is 2.79. The lowest BCUT2D eigenvalue weighted by molar-refractivity contribution is -0.122. The molecule has 2 N–H and O–H groups in total. The van der Waals surface area contributed by atoms with Gasteiger partial charge in [-0.25, -0.2) is 8.78 Å². The van der Waals surface area contributed by atoms with Gasteiger partial charge in [0, 0.05) is 31.3 Å². The summed E-state index contributed by atoms with van der Waals surface area (Å²) in [6.07, 6.45) is -0.397. The number of halogens is 2. The first-order valence-electron chi connectivity index (χ1n) is 7.72. The van der Waals surface area contributed by atoms with Crippen molar-refractivity contribution in [2.24, 2.45) is 0 Å². The number of benzene rings is 1. The van der Waals surface area contributed by atoms with Gasteiger partial charge in [-0.3, -0.25) is 9.69 Å². The molecule has 0 spiro atoms. The Morgan fingerprint density at radius 3 is 3.00 bits per heavy atom. The van der Waals surface area contributed by atoms with Gasteiger partial charge in [0.05, 0.1) is 19.3 Å². The van der Waals surface area contributed by atoms with Crippen molar-refractivity contribution in [3.63, 3.8) is 0 Å². The predicted molar refractivity (Wildman–Crippen MR) is 80.8 cm³/mol. The fraction of sp³-hybridized carbons (Fsp3) is 0.562. The summed E-state index contributed by atoms with van der Waals surface area (Å²) in [6.45, 7) is 3.53. The zero-order valence-electron chi connectivity index (χ0n) is 13.1. The zero-order chi connectivity index (χ0) is 16.8. The molecule has 0 bridgehead atoms. The Bertz CT molecular complexity index is 542. The van der Waals surface area contributed by atoms with E-state index in [-0.39, 0.29) is 31.0 Å². The molecule has 1 heterocycles. The molecular weight excluding hydrogens is 306 g/mol. The molecule has 1 aromatic carbocycles. The van der Waals surface area contributed by atoms with E-state index in [2.05, 4.69) is 5.32 Å².